The summed E-state index contributed by atoms with van der Waals surface area (Å²) in [6.07, 6.45) is 0. The first-order chi connectivity index (χ1) is 6.65. The molecule has 0 saturated carbocycles. The SMILES string of the molecule is Cc1cc(=S)nc(-c2csc(C)c2)[nH]1. The molecule has 0 aliphatic carbocycles. The smallest absolute Gasteiger partial charge is 0.139 e. The maximum absolute atomic E-state index is 5.07. The van der Waals surface area contributed by atoms with Gasteiger partial charge in [0.1, 0.15) is 10.5 Å². The first kappa shape index (κ1) is 9.55. The molecular formula is C10H10N2S2. The Kier molecular flexibility index (Phi) is 2.48. The molecule has 2 nitrogen and oxygen atoms in total. The number of rotatable bonds is 1. The van der Waals surface area contributed by atoms with Gasteiger partial charge in [-0.25, -0.2) is 4.98 Å². The maximum Gasteiger partial charge on any atom is 0.139 e. The Bertz CT molecular complexity index is 511. The van der Waals surface area contributed by atoms with Crippen molar-refractivity contribution in [1.29, 1.82) is 0 Å². The van der Waals surface area contributed by atoms with Crippen LogP contribution in [0, 0.1) is 18.5 Å². The minimum absolute atomic E-state index is 0.639. The topological polar surface area (TPSA) is 28.7 Å². The molecule has 0 atom stereocenters. The number of nitrogens with one attached hydrogen (secondary N) is 1. The van der Waals surface area contributed by atoms with E-state index in [4.69, 9.17) is 12.2 Å². The summed E-state index contributed by atoms with van der Waals surface area (Å²) in [5.74, 6) is 0.861. The van der Waals surface area contributed by atoms with Gasteiger partial charge in [0, 0.05) is 21.5 Å². The van der Waals surface area contributed by atoms with Crippen LogP contribution < -0.4 is 0 Å². The molecule has 0 unspecified atom stereocenters. The number of aromatic nitrogens is 2. The largest absolute Gasteiger partial charge is 0.343 e. The summed E-state index contributed by atoms with van der Waals surface area (Å²) in [5, 5.41) is 2.09. The Labute approximate surface area is 91.7 Å². The molecule has 2 rings (SSSR count). The molecule has 0 radical (unpaired) electrons. The lowest BCUT2D eigenvalue weighted by Crippen LogP contribution is -1.90. The van der Waals surface area contributed by atoms with Gasteiger partial charge in [0.15, 0.2) is 0 Å². The fraction of sp³-hybridized carbons (Fsp3) is 0.200. The van der Waals surface area contributed by atoms with E-state index < -0.39 is 0 Å². The molecule has 0 aliphatic rings. The first-order valence-corrected chi connectivity index (χ1v) is 5.57. The third kappa shape index (κ3) is 1.91. The number of hydrogen-bond acceptors (Lipinski definition) is 3. The predicted octanol–water partition coefficient (Wildman–Crippen LogP) is 3.48. The number of nitrogens with zero attached hydrogens (tertiary/aromatic N) is 1. The lowest BCUT2D eigenvalue weighted by Gasteiger charge is -1.99. The zero-order valence-corrected chi connectivity index (χ0v) is 9.63. The Morgan fingerprint density at radius 2 is 2.14 bits per heavy atom. The number of aryl methyl sites for hydroxylation is 2. The van der Waals surface area contributed by atoms with Gasteiger partial charge in [0.05, 0.1) is 0 Å². The van der Waals surface area contributed by atoms with Crippen molar-refractivity contribution in [2.45, 2.75) is 13.8 Å². The second-order valence-corrected chi connectivity index (χ2v) is 4.73. The van der Waals surface area contributed by atoms with Crippen LogP contribution in [0.5, 0.6) is 0 Å². The van der Waals surface area contributed by atoms with Crippen LogP contribution in [0.15, 0.2) is 17.5 Å². The van der Waals surface area contributed by atoms with E-state index >= 15 is 0 Å². The third-order valence-corrected chi connectivity index (χ3v) is 2.95. The Morgan fingerprint density at radius 3 is 2.71 bits per heavy atom. The van der Waals surface area contributed by atoms with Crippen molar-refractivity contribution in [2.24, 2.45) is 0 Å². The van der Waals surface area contributed by atoms with E-state index in [2.05, 4.69) is 28.3 Å². The van der Waals surface area contributed by atoms with Gasteiger partial charge in [0.25, 0.3) is 0 Å². The molecule has 1 N–H and O–H groups in total. The summed E-state index contributed by atoms with van der Waals surface area (Å²) in [4.78, 5) is 8.77. The highest BCUT2D eigenvalue weighted by Crippen LogP contribution is 2.21. The van der Waals surface area contributed by atoms with Crippen molar-refractivity contribution < 1.29 is 0 Å². The molecule has 14 heavy (non-hydrogen) atoms. The van der Waals surface area contributed by atoms with Crippen LogP contribution in [0.25, 0.3) is 11.4 Å². The van der Waals surface area contributed by atoms with Crippen molar-refractivity contribution >= 4 is 23.6 Å². The van der Waals surface area contributed by atoms with Gasteiger partial charge in [-0.3, -0.25) is 0 Å². The lowest BCUT2D eigenvalue weighted by atomic mass is 10.3. The van der Waals surface area contributed by atoms with Crippen LogP contribution in [0.2, 0.25) is 0 Å². The molecular weight excluding hydrogens is 212 g/mol. The molecule has 0 bridgehead atoms. The van der Waals surface area contributed by atoms with Gasteiger partial charge >= 0.3 is 0 Å². The molecule has 0 aliphatic heterocycles. The maximum atomic E-state index is 5.07. The average Bonchev–Trinajstić information content (AvgIpc) is 2.50. The molecule has 0 spiro atoms. The Morgan fingerprint density at radius 1 is 1.36 bits per heavy atom. The number of hydrogen-bond donors (Lipinski definition) is 1. The molecule has 2 aromatic heterocycles. The van der Waals surface area contributed by atoms with Gasteiger partial charge in [-0.2, -0.15) is 0 Å². The molecule has 2 heterocycles. The molecule has 4 heteroatoms. The van der Waals surface area contributed by atoms with Crippen LogP contribution in [-0.2, 0) is 0 Å². The van der Waals surface area contributed by atoms with Crippen molar-refractivity contribution in [3.05, 3.63) is 32.7 Å². The number of H-pyrrole nitrogens is 1. The summed E-state index contributed by atoms with van der Waals surface area (Å²) < 4.78 is 0.639. The van der Waals surface area contributed by atoms with E-state index in [1.54, 1.807) is 11.3 Å². The summed E-state index contributed by atoms with van der Waals surface area (Å²) in [6.45, 7) is 4.07. The fourth-order valence-corrected chi connectivity index (χ4v) is 2.24. The normalized spacial score (nSPS) is 10.4. The van der Waals surface area contributed by atoms with Gasteiger partial charge < -0.3 is 4.98 Å². The summed E-state index contributed by atoms with van der Waals surface area (Å²) in [7, 11) is 0. The quantitative estimate of drug-likeness (QED) is 0.748. The van der Waals surface area contributed by atoms with Crippen LogP contribution in [0.4, 0.5) is 0 Å². The monoisotopic (exact) mass is 222 g/mol. The highest BCUT2D eigenvalue weighted by molar-refractivity contribution is 7.71. The average molecular weight is 222 g/mol. The Balaban J connectivity index is 2.56. The van der Waals surface area contributed by atoms with E-state index in [-0.39, 0.29) is 0 Å². The van der Waals surface area contributed by atoms with Crippen molar-refractivity contribution in [1.82, 2.24) is 9.97 Å². The van der Waals surface area contributed by atoms with E-state index in [1.165, 1.54) is 4.88 Å². The standard InChI is InChI=1S/C10H10N2S2/c1-6-3-9(13)12-10(11-6)8-4-7(2)14-5-8/h3-5H,1-2H3,(H,11,12,13). The molecule has 0 amide bonds. The zero-order chi connectivity index (χ0) is 10.1. The van der Waals surface area contributed by atoms with Crippen molar-refractivity contribution in [3.8, 4) is 11.4 Å². The predicted molar refractivity (Wildman–Crippen MR) is 62.2 cm³/mol. The summed E-state index contributed by atoms with van der Waals surface area (Å²) in [5.41, 5.74) is 2.16. The van der Waals surface area contributed by atoms with E-state index in [9.17, 15) is 0 Å². The van der Waals surface area contributed by atoms with Crippen LogP contribution >= 0.6 is 23.6 Å². The highest BCUT2D eigenvalue weighted by Gasteiger charge is 2.02. The van der Waals surface area contributed by atoms with E-state index in [0.29, 0.717) is 4.64 Å². The van der Waals surface area contributed by atoms with Crippen molar-refractivity contribution in [2.75, 3.05) is 0 Å². The van der Waals surface area contributed by atoms with Gasteiger partial charge in [0.2, 0.25) is 0 Å². The van der Waals surface area contributed by atoms with Gasteiger partial charge in [-0.1, -0.05) is 12.2 Å². The highest BCUT2D eigenvalue weighted by atomic mass is 32.1. The number of thiophene rings is 1. The second kappa shape index (κ2) is 3.63. The first-order valence-electron chi connectivity index (χ1n) is 4.28. The van der Waals surface area contributed by atoms with Crippen LogP contribution in [0.1, 0.15) is 10.6 Å². The summed E-state index contributed by atoms with van der Waals surface area (Å²) >= 11 is 6.78. The molecule has 0 fully saturated rings. The number of aromatic amines is 1. The third-order valence-electron chi connectivity index (χ3n) is 1.88. The minimum Gasteiger partial charge on any atom is -0.343 e. The summed E-state index contributed by atoms with van der Waals surface area (Å²) in [6, 6.07) is 3.97. The van der Waals surface area contributed by atoms with Crippen LogP contribution in [0.3, 0.4) is 0 Å². The minimum atomic E-state index is 0.639. The van der Waals surface area contributed by atoms with E-state index in [1.807, 2.05) is 13.0 Å². The molecule has 2 aromatic rings. The lowest BCUT2D eigenvalue weighted by molar-refractivity contribution is 1.10. The molecule has 0 saturated heterocycles. The Hall–Kier alpha value is -1.00. The van der Waals surface area contributed by atoms with Gasteiger partial charge in [-0.15, -0.1) is 11.3 Å². The zero-order valence-electron chi connectivity index (χ0n) is 8.00. The fourth-order valence-electron chi connectivity index (χ4n) is 1.28. The van der Waals surface area contributed by atoms with Crippen molar-refractivity contribution in [3.63, 3.8) is 0 Å². The molecule has 0 aromatic carbocycles. The second-order valence-electron chi connectivity index (χ2n) is 3.20. The van der Waals surface area contributed by atoms with E-state index in [0.717, 1.165) is 17.1 Å². The van der Waals surface area contributed by atoms with Gasteiger partial charge in [-0.05, 0) is 26.0 Å². The van der Waals surface area contributed by atoms with Crippen LogP contribution in [-0.4, -0.2) is 9.97 Å². The molecule has 72 valence electrons.